The van der Waals surface area contributed by atoms with Gasteiger partial charge in [0.1, 0.15) is 5.65 Å². The number of pyridine rings is 2. The summed E-state index contributed by atoms with van der Waals surface area (Å²) in [7, 11) is 2.13. The Morgan fingerprint density at radius 2 is 1.86 bits per heavy atom. The number of aromatic nitrogens is 3. The zero-order valence-electron chi connectivity index (χ0n) is 13.7. The predicted octanol–water partition coefficient (Wildman–Crippen LogP) is 3.29. The first-order valence-electron chi connectivity index (χ1n) is 7.58. The van der Waals surface area contributed by atoms with Gasteiger partial charge in [-0.2, -0.15) is 0 Å². The number of imidazole rings is 1. The summed E-state index contributed by atoms with van der Waals surface area (Å²) in [5.41, 5.74) is 6.80. The molecule has 0 bridgehead atoms. The summed E-state index contributed by atoms with van der Waals surface area (Å²) in [4.78, 5) is 11.5. The van der Waals surface area contributed by atoms with Crippen LogP contribution < -0.4 is 0 Å². The smallest absolute Gasteiger partial charge is 0.137 e. The van der Waals surface area contributed by atoms with Crippen molar-refractivity contribution in [1.29, 1.82) is 0 Å². The van der Waals surface area contributed by atoms with Crippen molar-refractivity contribution in [2.75, 3.05) is 7.05 Å². The minimum Gasteiger partial charge on any atom is -0.302 e. The average Bonchev–Trinajstić information content (AvgIpc) is 2.74. The summed E-state index contributed by atoms with van der Waals surface area (Å²) in [6.07, 6.45) is 2.08. The molecule has 0 aromatic carbocycles. The van der Waals surface area contributed by atoms with Crippen molar-refractivity contribution in [2.45, 2.75) is 33.9 Å². The number of aryl methyl sites for hydroxylation is 3. The zero-order valence-corrected chi connectivity index (χ0v) is 13.7. The monoisotopic (exact) mass is 294 g/mol. The largest absolute Gasteiger partial charge is 0.302 e. The number of hydrogen-bond donors (Lipinski definition) is 0. The highest BCUT2D eigenvalue weighted by molar-refractivity contribution is 5.42. The van der Waals surface area contributed by atoms with Crippen LogP contribution in [0.2, 0.25) is 0 Å². The lowest BCUT2D eigenvalue weighted by Gasteiger charge is -2.17. The van der Waals surface area contributed by atoms with Crippen LogP contribution in [0.15, 0.2) is 36.5 Å². The molecule has 22 heavy (non-hydrogen) atoms. The molecule has 4 heteroatoms. The van der Waals surface area contributed by atoms with Crippen molar-refractivity contribution < 1.29 is 0 Å². The van der Waals surface area contributed by atoms with E-state index in [1.165, 1.54) is 11.3 Å². The van der Waals surface area contributed by atoms with Crippen molar-refractivity contribution in [2.24, 2.45) is 0 Å². The van der Waals surface area contributed by atoms with Crippen LogP contribution >= 0.6 is 0 Å². The molecule has 4 nitrogen and oxygen atoms in total. The van der Waals surface area contributed by atoms with E-state index in [0.29, 0.717) is 0 Å². The second-order valence-corrected chi connectivity index (χ2v) is 6.02. The van der Waals surface area contributed by atoms with Gasteiger partial charge in [0.05, 0.1) is 17.1 Å². The second kappa shape index (κ2) is 5.89. The van der Waals surface area contributed by atoms with Crippen molar-refractivity contribution in [3.05, 3.63) is 64.9 Å². The number of rotatable bonds is 4. The van der Waals surface area contributed by atoms with Gasteiger partial charge in [-0.1, -0.05) is 6.07 Å². The number of fused-ring (bicyclic) bond motifs is 1. The standard InChI is InChI=1S/C18H22N4/c1-13-9-14(2)19-16(10-13)11-21(4)12-17-15(3)20-18-7-5-6-8-22(17)18/h5-10H,11-12H2,1-4H3. The van der Waals surface area contributed by atoms with E-state index in [0.717, 1.165) is 35.8 Å². The maximum Gasteiger partial charge on any atom is 0.137 e. The average molecular weight is 294 g/mol. The van der Waals surface area contributed by atoms with Crippen molar-refractivity contribution in [1.82, 2.24) is 19.3 Å². The molecule has 3 heterocycles. The first kappa shape index (κ1) is 14.7. The molecule has 0 saturated carbocycles. The van der Waals surface area contributed by atoms with Gasteiger partial charge in [0.2, 0.25) is 0 Å². The molecule has 0 unspecified atom stereocenters. The molecular formula is C18H22N4. The normalized spacial score (nSPS) is 11.5. The molecule has 0 spiro atoms. The molecule has 0 N–H and O–H groups in total. The Hall–Kier alpha value is -2.20. The van der Waals surface area contributed by atoms with E-state index in [2.05, 4.69) is 58.5 Å². The molecule has 0 radical (unpaired) electrons. The molecule has 0 atom stereocenters. The van der Waals surface area contributed by atoms with Crippen LogP contribution in [0.1, 0.15) is 28.3 Å². The van der Waals surface area contributed by atoms with Crippen LogP contribution in [0.3, 0.4) is 0 Å². The van der Waals surface area contributed by atoms with E-state index in [1.807, 2.05) is 25.1 Å². The molecule has 0 amide bonds. The van der Waals surface area contributed by atoms with E-state index in [1.54, 1.807) is 0 Å². The summed E-state index contributed by atoms with van der Waals surface area (Å²) in [5.74, 6) is 0. The highest BCUT2D eigenvalue weighted by Gasteiger charge is 2.11. The lowest BCUT2D eigenvalue weighted by atomic mass is 10.2. The van der Waals surface area contributed by atoms with Gasteiger partial charge < -0.3 is 4.40 Å². The maximum atomic E-state index is 4.62. The minimum atomic E-state index is 0.835. The topological polar surface area (TPSA) is 33.4 Å². The zero-order chi connectivity index (χ0) is 15.7. The third-order valence-electron chi connectivity index (χ3n) is 3.83. The van der Waals surface area contributed by atoms with Crippen LogP contribution in [0.4, 0.5) is 0 Å². The molecular weight excluding hydrogens is 272 g/mol. The Balaban J connectivity index is 1.81. The highest BCUT2D eigenvalue weighted by Crippen LogP contribution is 2.15. The Morgan fingerprint density at radius 3 is 2.64 bits per heavy atom. The van der Waals surface area contributed by atoms with Crippen molar-refractivity contribution in [3.63, 3.8) is 0 Å². The van der Waals surface area contributed by atoms with Crippen LogP contribution in [0.5, 0.6) is 0 Å². The maximum absolute atomic E-state index is 4.62. The first-order chi connectivity index (χ1) is 10.5. The van der Waals surface area contributed by atoms with Gasteiger partial charge in [-0.15, -0.1) is 0 Å². The van der Waals surface area contributed by atoms with Gasteiger partial charge in [0.25, 0.3) is 0 Å². The molecule has 0 fully saturated rings. The molecule has 3 rings (SSSR count). The molecule has 3 aromatic heterocycles. The summed E-state index contributed by atoms with van der Waals surface area (Å²) in [5, 5.41) is 0. The minimum absolute atomic E-state index is 0.835. The SMILES string of the molecule is Cc1cc(C)nc(CN(C)Cc2c(C)nc3ccccn23)c1. The van der Waals surface area contributed by atoms with Gasteiger partial charge in [0.15, 0.2) is 0 Å². The van der Waals surface area contributed by atoms with Crippen molar-refractivity contribution in [3.8, 4) is 0 Å². The van der Waals surface area contributed by atoms with Crippen LogP contribution in [-0.2, 0) is 13.1 Å². The Bertz CT molecular complexity index is 784. The molecule has 0 saturated heterocycles. The van der Waals surface area contributed by atoms with E-state index in [9.17, 15) is 0 Å². The van der Waals surface area contributed by atoms with E-state index in [4.69, 9.17) is 0 Å². The van der Waals surface area contributed by atoms with Gasteiger partial charge in [-0.3, -0.25) is 9.88 Å². The lowest BCUT2D eigenvalue weighted by Crippen LogP contribution is -2.19. The van der Waals surface area contributed by atoms with Gasteiger partial charge in [-0.05, 0) is 57.6 Å². The van der Waals surface area contributed by atoms with Gasteiger partial charge >= 0.3 is 0 Å². The van der Waals surface area contributed by atoms with Crippen molar-refractivity contribution >= 4 is 5.65 Å². The number of nitrogens with zero attached hydrogens (tertiary/aromatic N) is 4. The van der Waals surface area contributed by atoms with Crippen LogP contribution in [0.25, 0.3) is 5.65 Å². The Kier molecular flexibility index (Phi) is 3.94. The van der Waals surface area contributed by atoms with E-state index in [-0.39, 0.29) is 0 Å². The summed E-state index contributed by atoms with van der Waals surface area (Å²) in [6.45, 7) is 7.93. The summed E-state index contributed by atoms with van der Waals surface area (Å²) in [6, 6.07) is 10.4. The fourth-order valence-electron chi connectivity index (χ4n) is 2.95. The predicted molar refractivity (Wildman–Crippen MR) is 88.8 cm³/mol. The Labute approximate surface area is 131 Å². The first-order valence-corrected chi connectivity index (χ1v) is 7.58. The summed E-state index contributed by atoms with van der Waals surface area (Å²) >= 11 is 0. The van der Waals surface area contributed by atoms with E-state index < -0.39 is 0 Å². The molecule has 0 aliphatic heterocycles. The number of hydrogen-bond acceptors (Lipinski definition) is 3. The molecule has 0 aliphatic rings. The van der Waals surface area contributed by atoms with Crippen LogP contribution in [0, 0.1) is 20.8 Å². The lowest BCUT2D eigenvalue weighted by molar-refractivity contribution is 0.309. The second-order valence-electron chi connectivity index (χ2n) is 6.02. The van der Waals surface area contributed by atoms with E-state index >= 15 is 0 Å². The Morgan fingerprint density at radius 1 is 1.05 bits per heavy atom. The fourth-order valence-corrected chi connectivity index (χ4v) is 2.95. The molecule has 114 valence electrons. The fraction of sp³-hybridized carbons (Fsp3) is 0.333. The highest BCUT2D eigenvalue weighted by atomic mass is 15.1. The quantitative estimate of drug-likeness (QED) is 0.740. The third kappa shape index (κ3) is 3.02. The molecule has 3 aromatic rings. The summed E-state index contributed by atoms with van der Waals surface area (Å²) < 4.78 is 2.17. The van der Waals surface area contributed by atoms with Crippen LogP contribution in [-0.4, -0.2) is 26.3 Å². The third-order valence-corrected chi connectivity index (χ3v) is 3.83. The molecule has 0 aliphatic carbocycles. The van der Waals surface area contributed by atoms with Gasteiger partial charge in [0, 0.05) is 25.0 Å². The van der Waals surface area contributed by atoms with Gasteiger partial charge in [-0.25, -0.2) is 4.98 Å².